The Hall–Kier alpha value is -2.41. The first kappa shape index (κ1) is 15.0. The molecule has 1 aromatic heterocycles. The summed E-state index contributed by atoms with van der Waals surface area (Å²) in [5.74, 6) is -0.523. The second-order valence-electron chi connectivity index (χ2n) is 4.69. The maximum absolute atomic E-state index is 13.2. The maximum atomic E-state index is 13.2. The number of rotatable bonds is 6. The van der Waals surface area contributed by atoms with Crippen molar-refractivity contribution in [2.45, 2.75) is 13.0 Å². The quantitative estimate of drug-likeness (QED) is 0.243. The molecule has 0 amide bonds. The van der Waals surface area contributed by atoms with Crippen LogP contribution in [0.15, 0.2) is 35.6 Å². The summed E-state index contributed by atoms with van der Waals surface area (Å²) in [7, 11) is 1.87. The van der Waals surface area contributed by atoms with Crippen LogP contribution in [-0.2, 0) is 20.0 Å². The minimum absolute atomic E-state index is 0.101. The van der Waals surface area contributed by atoms with Gasteiger partial charge in [-0.05, 0) is 23.8 Å². The van der Waals surface area contributed by atoms with Crippen LogP contribution in [0.2, 0.25) is 0 Å². The summed E-state index contributed by atoms with van der Waals surface area (Å²) in [5.41, 5.74) is 7.72. The number of nitrogens with one attached hydrogen (secondary N) is 1. The van der Waals surface area contributed by atoms with Crippen LogP contribution in [0.25, 0.3) is 0 Å². The molecular formula is C14H18FN5O. The van der Waals surface area contributed by atoms with E-state index >= 15 is 0 Å². The van der Waals surface area contributed by atoms with Crippen LogP contribution in [0.3, 0.4) is 0 Å². The maximum Gasteiger partial charge on any atom is 0.170 e. The second-order valence-corrected chi connectivity index (χ2v) is 4.69. The third-order valence-corrected chi connectivity index (χ3v) is 3.10. The Morgan fingerprint density at radius 1 is 1.48 bits per heavy atom. The molecule has 112 valence electrons. The minimum Gasteiger partial charge on any atom is -0.409 e. The zero-order valence-electron chi connectivity index (χ0n) is 11.8. The minimum atomic E-state index is -0.422. The van der Waals surface area contributed by atoms with E-state index in [4.69, 9.17) is 10.9 Å². The van der Waals surface area contributed by atoms with Gasteiger partial charge in [0.05, 0.1) is 5.69 Å². The lowest BCUT2D eigenvalue weighted by molar-refractivity contribution is 0.318. The van der Waals surface area contributed by atoms with Crippen LogP contribution < -0.4 is 11.1 Å². The van der Waals surface area contributed by atoms with E-state index in [-0.39, 0.29) is 5.84 Å². The van der Waals surface area contributed by atoms with Gasteiger partial charge in [0.2, 0.25) is 0 Å². The number of oxime groups is 1. The SMILES string of the molecule is Cn1ccc(CCNCc2ccc(F)cc2/C(N)=N/O)n1. The lowest BCUT2D eigenvalue weighted by atomic mass is 10.1. The lowest BCUT2D eigenvalue weighted by Crippen LogP contribution is -2.21. The third-order valence-electron chi connectivity index (χ3n) is 3.10. The van der Waals surface area contributed by atoms with Crippen molar-refractivity contribution >= 4 is 5.84 Å². The van der Waals surface area contributed by atoms with E-state index in [1.165, 1.54) is 12.1 Å². The van der Waals surface area contributed by atoms with Crippen LogP contribution >= 0.6 is 0 Å². The van der Waals surface area contributed by atoms with Crippen molar-refractivity contribution in [3.05, 3.63) is 53.1 Å². The predicted octanol–water partition coefficient (Wildman–Crippen LogP) is 0.986. The van der Waals surface area contributed by atoms with Crippen LogP contribution in [0.5, 0.6) is 0 Å². The third kappa shape index (κ3) is 4.03. The molecular weight excluding hydrogens is 273 g/mol. The molecule has 0 unspecified atom stereocenters. The van der Waals surface area contributed by atoms with Gasteiger partial charge in [-0.3, -0.25) is 4.68 Å². The van der Waals surface area contributed by atoms with E-state index in [9.17, 15) is 4.39 Å². The van der Waals surface area contributed by atoms with Gasteiger partial charge in [0.1, 0.15) is 5.82 Å². The monoisotopic (exact) mass is 291 g/mol. The average molecular weight is 291 g/mol. The molecule has 7 heteroatoms. The number of hydrogen-bond acceptors (Lipinski definition) is 4. The number of hydrogen-bond donors (Lipinski definition) is 3. The van der Waals surface area contributed by atoms with Crippen molar-refractivity contribution < 1.29 is 9.60 Å². The lowest BCUT2D eigenvalue weighted by Gasteiger charge is -2.09. The van der Waals surface area contributed by atoms with Crippen LogP contribution in [0.1, 0.15) is 16.8 Å². The molecule has 0 aliphatic heterocycles. The van der Waals surface area contributed by atoms with Crippen molar-refractivity contribution in [3.8, 4) is 0 Å². The largest absolute Gasteiger partial charge is 0.409 e. The summed E-state index contributed by atoms with van der Waals surface area (Å²) in [6.07, 6.45) is 2.69. The highest BCUT2D eigenvalue weighted by Crippen LogP contribution is 2.11. The number of aryl methyl sites for hydroxylation is 1. The fraction of sp³-hybridized carbons (Fsp3) is 0.286. The topological polar surface area (TPSA) is 88.5 Å². The molecule has 0 spiro atoms. The number of benzene rings is 1. The highest BCUT2D eigenvalue weighted by atomic mass is 19.1. The van der Waals surface area contributed by atoms with Gasteiger partial charge in [-0.15, -0.1) is 0 Å². The molecule has 1 aromatic carbocycles. The van der Waals surface area contributed by atoms with Gasteiger partial charge < -0.3 is 16.3 Å². The molecule has 4 N–H and O–H groups in total. The molecule has 21 heavy (non-hydrogen) atoms. The Morgan fingerprint density at radius 2 is 2.29 bits per heavy atom. The number of halogens is 1. The van der Waals surface area contributed by atoms with E-state index in [0.717, 1.165) is 24.2 Å². The molecule has 2 aromatic rings. The molecule has 0 aliphatic rings. The molecule has 0 saturated heterocycles. The number of nitrogens with zero attached hydrogens (tertiary/aromatic N) is 3. The van der Waals surface area contributed by atoms with Gasteiger partial charge >= 0.3 is 0 Å². The molecule has 0 saturated carbocycles. The van der Waals surface area contributed by atoms with E-state index in [2.05, 4.69) is 15.6 Å². The summed E-state index contributed by atoms with van der Waals surface area (Å²) in [5, 5.41) is 19.2. The van der Waals surface area contributed by atoms with Gasteiger partial charge in [-0.1, -0.05) is 11.2 Å². The van der Waals surface area contributed by atoms with Crippen molar-refractivity contribution in [2.75, 3.05) is 6.54 Å². The Balaban J connectivity index is 1.93. The predicted molar refractivity (Wildman–Crippen MR) is 77.5 cm³/mol. The summed E-state index contributed by atoms with van der Waals surface area (Å²) >= 11 is 0. The highest BCUT2D eigenvalue weighted by Gasteiger charge is 2.08. The van der Waals surface area contributed by atoms with Crippen LogP contribution in [0.4, 0.5) is 4.39 Å². The summed E-state index contributed by atoms with van der Waals surface area (Å²) in [4.78, 5) is 0. The molecule has 0 bridgehead atoms. The smallest absolute Gasteiger partial charge is 0.170 e. The van der Waals surface area contributed by atoms with E-state index in [1.807, 2.05) is 19.3 Å². The van der Waals surface area contributed by atoms with Gasteiger partial charge in [0.15, 0.2) is 5.84 Å². The first-order valence-corrected chi connectivity index (χ1v) is 6.55. The number of nitrogens with two attached hydrogens (primary N) is 1. The van der Waals surface area contributed by atoms with E-state index in [1.54, 1.807) is 10.7 Å². The highest BCUT2D eigenvalue weighted by molar-refractivity contribution is 5.98. The average Bonchev–Trinajstić information content (AvgIpc) is 2.89. The zero-order valence-corrected chi connectivity index (χ0v) is 11.8. The first-order chi connectivity index (χ1) is 10.1. The molecule has 0 fully saturated rings. The first-order valence-electron chi connectivity index (χ1n) is 6.55. The summed E-state index contributed by atoms with van der Waals surface area (Å²) in [6, 6.07) is 6.19. The number of amidine groups is 1. The summed E-state index contributed by atoms with van der Waals surface area (Å²) < 4.78 is 15.0. The summed E-state index contributed by atoms with van der Waals surface area (Å²) in [6.45, 7) is 1.22. The van der Waals surface area contributed by atoms with Crippen LogP contribution in [-0.4, -0.2) is 27.4 Å². The zero-order chi connectivity index (χ0) is 15.2. The van der Waals surface area contributed by atoms with Gasteiger partial charge in [-0.2, -0.15) is 5.10 Å². The fourth-order valence-electron chi connectivity index (χ4n) is 2.03. The Morgan fingerprint density at radius 3 is 2.95 bits per heavy atom. The van der Waals surface area contributed by atoms with Crippen molar-refractivity contribution in [1.82, 2.24) is 15.1 Å². The normalized spacial score (nSPS) is 11.8. The van der Waals surface area contributed by atoms with Gasteiger partial charge in [0, 0.05) is 38.3 Å². The molecule has 1 heterocycles. The Labute approximate surface area is 122 Å². The van der Waals surface area contributed by atoms with Crippen molar-refractivity contribution in [2.24, 2.45) is 17.9 Å². The molecule has 0 atom stereocenters. The second kappa shape index (κ2) is 6.85. The molecule has 6 nitrogen and oxygen atoms in total. The fourth-order valence-corrected chi connectivity index (χ4v) is 2.03. The van der Waals surface area contributed by atoms with Crippen LogP contribution in [0, 0.1) is 5.82 Å². The Bertz CT molecular complexity index is 638. The van der Waals surface area contributed by atoms with Crippen molar-refractivity contribution in [3.63, 3.8) is 0 Å². The molecule has 0 aliphatic carbocycles. The number of aromatic nitrogens is 2. The van der Waals surface area contributed by atoms with E-state index < -0.39 is 5.82 Å². The standard InChI is InChI=1S/C14H18FN5O/c1-20-7-5-12(18-20)4-6-17-9-10-2-3-11(15)8-13(10)14(16)19-21/h2-3,5,7-8,17,21H,4,6,9H2,1H3,(H2,16,19). The van der Waals surface area contributed by atoms with E-state index in [0.29, 0.717) is 12.1 Å². The van der Waals surface area contributed by atoms with Gasteiger partial charge in [0.25, 0.3) is 0 Å². The van der Waals surface area contributed by atoms with Crippen molar-refractivity contribution in [1.29, 1.82) is 0 Å². The molecule has 0 radical (unpaired) electrons. The molecule has 2 rings (SSSR count). The van der Waals surface area contributed by atoms with Gasteiger partial charge in [-0.25, -0.2) is 4.39 Å². The Kier molecular flexibility index (Phi) is 4.89.